The molecule has 1 fully saturated rings. The van der Waals surface area contributed by atoms with Crippen molar-refractivity contribution in [3.05, 3.63) is 27.9 Å². The van der Waals surface area contributed by atoms with E-state index in [-0.39, 0.29) is 0 Å². The number of hydrogen-bond acceptors (Lipinski definition) is 7. The average Bonchev–Trinajstić information content (AvgIpc) is 3.04. The van der Waals surface area contributed by atoms with Crippen molar-refractivity contribution in [1.82, 2.24) is 19.9 Å². The topological polar surface area (TPSA) is 71.2 Å². The first-order valence-electron chi connectivity index (χ1n) is 6.81. The molecule has 3 rings (SSSR count). The summed E-state index contributed by atoms with van der Waals surface area (Å²) in [7, 11) is 0. The number of anilines is 2. The third-order valence-electron chi connectivity index (χ3n) is 3.77. The van der Waals surface area contributed by atoms with E-state index in [1.54, 1.807) is 11.3 Å². The van der Waals surface area contributed by atoms with Crippen LogP contribution in [0.2, 0.25) is 5.02 Å². The first kappa shape index (κ1) is 14.5. The molecule has 2 N–H and O–H groups in total. The molecule has 0 aromatic carbocycles. The third kappa shape index (κ3) is 2.95. The monoisotopic (exact) mass is 324 g/mol. The second-order valence-electron chi connectivity index (χ2n) is 4.97. The summed E-state index contributed by atoms with van der Waals surface area (Å²) in [6.45, 7) is 5.82. The highest BCUT2D eigenvalue weighted by Crippen LogP contribution is 2.29. The van der Waals surface area contributed by atoms with Gasteiger partial charge in [0.1, 0.15) is 22.2 Å². The molecular weight excluding hydrogens is 308 g/mol. The Morgan fingerprint density at radius 2 is 2.00 bits per heavy atom. The molecule has 0 spiro atoms. The Labute approximate surface area is 132 Å². The summed E-state index contributed by atoms with van der Waals surface area (Å²) < 4.78 is 0. The van der Waals surface area contributed by atoms with Crippen molar-refractivity contribution in [2.75, 3.05) is 36.8 Å². The van der Waals surface area contributed by atoms with Crippen molar-refractivity contribution >= 4 is 34.6 Å². The van der Waals surface area contributed by atoms with Crippen molar-refractivity contribution < 1.29 is 0 Å². The first-order valence-corrected chi connectivity index (χ1v) is 8.07. The highest BCUT2D eigenvalue weighted by atomic mass is 35.5. The summed E-state index contributed by atoms with van der Waals surface area (Å²) in [4.78, 5) is 17.1. The molecule has 2 aromatic heterocycles. The van der Waals surface area contributed by atoms with Crippen LogP contribution in [0.3, 0.4) is 0 Å². The van der Waals surface area contributed by atoms with Crippen LogP contribution in [0.1, 0.15) is 18.0 Å². The molecule has 8 heteroatoms. The van der Waals surface area contributed by atoms with Gasteiger partial charge in [-0.2, -0.15) is 0 Å². The van der Waals surface area contributed by atoms with Crippen molar-refractivity contribution in [2.24, 2.45) is 0 Å². The summed E-state index contributed by atoms with van der Waals surface area (Å²) in [5.41, 5.74) is 5.74. The van der Waals surface area contributed by atoms with Gasteiger partial charge in [-0.25, -0.2) is 15.0 Å². The molecule has 0 bridgehead atoms. The van der Waals surface area contributed by atoms with Gasteiger partial charge in [0, 0.05) is 37.8 Å². The Hall–Kier alpha value is -1.44. The van der Waals surface area contributed by atoms with Gasteiger partial charge in [-0.15, -0.1) is 11.3 Å². The summed E-state index contributed by atoms with van der Waals surface area (Å²) in [6, 6.07) is 0.345. The Bertz CT molecular complexity index is 597. The standard InChI is InChI=1S/C13H17ClN6S/c1-9(13-16-2-7-21-13)19-3-5-20(6-4-19)12-10(14)11(15)17-8-18-12/h2,7-9H,3-6H2,1H3,(H2,15,17,18). The van der Waals surface area contributed by atoms with E-state index in [0.717, 1.165) is 37.0 Å². The molecule has 2 aromatic rings. The molecule has 0 aliphatic carbocycles. The maximum absolute atomic E-state index is 6.19. The van der Waals surface area contributed by atoms with Crippen molar-refractivity contribution in [3.63, 3.8) is 0 Å². The van der Waals surface area contributed by atoms with Crippen LogP contribution in [0.15, 0.2) is 17.9 Å². The summed E-state index contributed by atoms with van der Waals surface area (Å²) in [5, 5.41) is 3.62. The molecule has 6 nitrogen and oxygen atoms in total. The van der Waals surface area contributed by atoms with E-state index >= 15 is 0 Å². The van der Waals surface area contributed by atoms with Gasteiger partial charge in [-0.1, -0.05) is 11.6 Å². The van der Waals surface area contributed by atoms with E-state index < -0.39 is 0 Å². The van der Waals surface area contributed by atoms with Gasteiger partial charge in [0.05, 0.1) is 6.04 Å². The van der Waals surface area contributed by atoms with E-state index in [0.29, 0.717) is 16.9 Å². The first-order chi connectivity index (χ1) is 10.2. The molecule has 1 atom stereocenters. The lowest BCUT2D eigenvalue weighted by Crippen LogP contribution is -2.47. The van der Waals surface area contributed by atoms with Gasteiger partial charge in [0.25, 0.3) is 0 Å². The smallest absolute Gasteiger partial charge is 0.153 e. The van der Waals surface area contributed by atoms with Gasteiger partial charge < -0.3 is 10.6 Å². The van der Waals surface area contributed by atoms with Crippen LogP contribution in [0, 0.1) is 0 Å². The molecule has 1 aliphatic rings. The Balaban J connectivity index is 1.66. The Morgan fingerprint density at radius 3 is 2.67 bits per heavy atom. The van der Waals surface area contributed by atoms with Gasteiger partial charge in [-0.3, -0.25) is 4.90 Å². The van der Waals surface area contributed by atoms with Gasteiger partial charge in [0.15, 0.2) is 5.82 Å². The number of nitrogen functional groups attached to an aromatic ring is 1. The molecule has 112 valence electrons. The largest absolute Gasteiger partial charge is 0.382 e. The average molecular weight is 325 g/mol. The van der Waals surface area contributed by atoms with E-state index in [1.165, 1.54) is 6.33 Å². The summed E-state index contributed by atoms with van der Waals surface area (Å²) in [5.74, 6) is 1.06. The predicted molar refractivity (Wildman–Crippen MR) is 85.8 cm³/mol. The highest BCUT2D eigenvalue weighted by molar-refractivity contribution is 7.09. The maximum atomic E-state index is 6.19. The fourth-order valence-corrected chi connectivity index (χ4v) is 3.46. The predicted octanol–water partition coefficient (Wildman–Crippen LogP) is 2.05. The van der Waals surface area contributed by atoms with Crippen LogP contribution in [0.5, 0.6) is 0 Å². The molecule has 0 amide bonds. The Kier molecular flexibility index (Phi) is 4.23. The number of thiazole rings is 1. The van der Waals surface area contributed by atoms with Gasteiger partial charge in [-0.05, 0) is 6.92 Å². The molecule has 0 saturated carbocycles. The zero-order chi connectivity index (χ0) is 14.8. The van der Waals surface area contributed by atoms with Crippen LogP contribution in [-0.2, 0) is 0 Å². The Morgan fingerprint density at radius 1 is 1.24 bits per heavy atom. The summed E-state index contributed by atoms with van der Waals surface area (Å²) in [6.07, 6.45) is 3.32. The van der Waals surface area contributed by atoms with Crippen LogP contribution in [-0.4, -0.2) is 46.0 Å². The lowest BCUT2D eigenvalue weighted by Gasteiger charge is -2.38. The fraction of sp³-hybridized carbons (Fsp3) is 0.462. The number of halogens is 1. The minimum Gasteiger partial charge on any atom is -0.382 e. The third-order valence-corrected chi connectivity index (χ3v) is 5.08. The van der Waals surface area contributed by atoms with Crippen molar-refractivity contribution in [1.29, 1.82) is 0 Å². The number of hydrogen-bond donors (Lipinski definition) is 1. The number of nitrogens with zero attached hydrogens (tertiary/aromatic N) is 5. The maximum Gasteiger partial charge on any atom is 0.153 e. The fourth-order valence-electron chi connectivity index (χ4n) is 2.51. The van der Waals surface area contributed by atoms with Gasteiger partial charge in [0.2, 0.25) is 0 Å². The molecular formula is C13H17ClN6S. The molecule has 3 heterocycles. The number of aromatic nitrogens is 3. The minimum atomic E-state index is 0.334. The molecule has 21 heavy (non-hydrogen) atoms. The van der Waals surface area contributed by atoms with E-state index in [1.807, 2.05) is 11.6 Å². The molecule has 1 unspecified atom stereocenters. The normalized spacial score (nSPS) is 17.9. The van der Waals surface area contributed by atoms with E-state index in [4.69, 9.17) is 17.3 Å². The van der Waals surface area contributed by atoms with Crippen LogP contribution < -0.4 is 10.6 Å². The minimum absolute atomic E-state index is 0.334. The van der Waals surface area contributed by atoms with Crippen molar-refractivity contribution in [3.8, 4) is 0 Å². The van der Waals surface area contributed by atoms with E-state index in [9.17, 15) is 0 Å². The van der Waals surface area contributed by atoms with Crippen LogP contribution >= 0.6 is 22.9 Å². The number of rotatable bonds is 3. The lowest BCUT2D eigenvalue weighted by atomic mass is 10.2. The van der Waals surface area contributed by atoms with Crippen molar-refractivity contribution in [2.45, 2.75) is 13.0 Å². The lowest BCUT2D eigenvalue weighted by molar-refractivity contribution is 0.198. The zero-order valence-corrected chi connectivity index (χ0v) is 13.3. The number of piperazine rings is 1. The second kappa shape index (κ2) is 6.13. The molecule has 1 aliphatic heterocycles. The van der Waals surface area contributed by atoms with Gasteiger partial charge >= 0.3 is 0 Å². The highest BCUT2D eigenvalue weighted by Gasteiger charge is 2.25. The molecule has 0 radical (unpaired) electrons. The summed E-state index contributed by atoms with van der Waals surface area (Å²) >= 11 is 7.89. The van der Waals surface area contributed by atoms with Crippen LogP contribution in [0.4, 0.5) is 11.6 Å². The quantitative estimate of drug-likeness (QED) is 0.931. The zero-order valence-electron chi connectivity index (χ0n) is 11.7. The van der Waals surface area contributed by atoms with Crippen LogP contribution in [0.25, 0.3) is 0 Å². The SMILES string of the molecule is CC(c1nccs1)N1CCN(c2ncnc(N)c2Cl)CC1. The number of nitrogens with two attached hydrogens (primary N) is 1. The molecule has 1 saturated heterocycles. The van der Waals surface area contributed by atoms with E-state index in [2.05, 4.69) is 31.7 Å². The second-order valence-corrected chi connectivity index (χ2v) is 6.27.